The number of H-pyrrole nitrogens is 1. The monoisotopic (exact) mass is 640 g/mol. The smallest absolute Gasteiger partial charge is 0.332 e. The molecule has 0 bridgehead atoms. The van der Waals surface area contributed by atoms with E-state index < -0.39 is 29.9 Å². The largest absolute Gasteiger partial charge is 0.467 e. The van der Waals surface area contributed by atoms with Crippen LogP contribution in [0.2, 0.25) is 0 Å². The molecule has 10 nitrogen and oxygen atoms in total. The molecule has 1 aliphatic heterocycles. The van der Waals surface area contributed by atoms with E-state index in [1.807, 2.05) is 4.57 Å². The van der Waals surface area contributed by atoms with Gasteiger partial charge in [-0.1, -0.05) is 30.3 Å². The van der Waals surface area contributed by atoms with Crippen LogP contribution in [-0.4, -0.2) is 75.5 Å². The molecule has 1 aliphatic carbocycles. The van der Waals surface area contributed by atoms with Crippen molar-refractivity contribution in [2.24, 2.45) is 5.92 Å². The Hall–Kier alpha value is -5.03. The molecule has 2 N–H and O–H groups in total. The Morgan fingerprint density at radius 2 is 1.81 bits per heavy atom. The van der Waals surface area contributed by atoms with Gasteiger partial charge in [-0.3, -0.25) is 14.4 Å². The molecular formula is C36H37FN4O6. The lowest BCUT2D eigenvalue weighted by Gasteiger charge is -2.40. The summed E-state index contributed by atoms with van der Waals surface area (Å²) < 4.78 is 21.3. The Balaban J connectivity index is 1.57. The van der Waals surface area contributed by atoms with Gasteiger partial charge in [0.25, 0.3) is 11.8 Å². The van der Waals surface area contributed by atoms with Crippen molar-refractivity contribution in [2.45, 2.75) is 44.4 Å². The maximum atomic E-state index is 14.3. The third kappa shape index (κ3) is 5.24. The molecule has 11 heteroatoms. The molecule has 3 atom stereocenters. The minimum Gasteiger partial charge on any atom is -0.467 e. The number of likely N-dealkylation sites (tertiary alicyclic amines) is 1. The highest BCUT2D eigenvalue weighted by atomic mass is 19.1. The molecule has 47 heavy (non-hydrogen) atoms. The highest BCUT2D eigenvalue weighted by Crippen LogP contribution is 2.55. The first kappa shape index (κ1) is 31.9. The summed E-state index contributed by atoms with van der Waals surface area (Å²) in [5.74, 6) is -2.49. The molecule has 244 valence electrons. The van der Waals surface area contributed by atoms with Crippen LogP contribution in [-0.2, 0) is 35.5 Å². The van der Waals surface area contributed by atoms with Crippen molar-refractivity contribution in [3.63, 3.8) is 0 Å². The van der Waals surface area contributed by atoms with Gasteiger partial charge in [0, 0.05) is 67.3 Å². The van der Waals surface area contributed by atoms with E-state index >= 15 is 0 Å². The number of pyridine rings is 1. The fraction of sp³-hybridized carbons (Fsp3) is 0.333. The first-order chi connectivity index (χ1) is 22.5. The van der Waals surface area contributed by atoms with Crippen LogP contribution in [0.15, 0.2) is 71.7 Å². The molecule has 2 aromatic carbocycles. The molecule has 2 aliphatic rings. The number of aromatic amines is 1. The SMILES string of the molecule is COC(=O)[C@@]1(Cc2ccc(F)cc2)C2c3cc(C(=O)N(C)C)n(Cc4c(CO)[nH]cc(C)c4=O)c3CC2CN1C(=O)c1ccccc1. The van der Waals surface area contributed by atoms with Gasteiger partial charge in [0.2, 0.25) is 0 Å². The predicted octanol–water partition coefficient (Wildman–Crippen LogP) is 3.43. The van der Waals surface area contributed by atoms with Crippen molar-refractivity contribution >= 4 is 17.8 Å². The number of amides is 2. The number of carbonyl (C=O) groups excluding carboxylic acids is 3. The molecule has 0 saturated carbocycles. The maximum Gasteiger partial charge on any atom is 0.332 e. The first-order valence-corrected chi connectivity index (χ1v) is 15.5. The lowest BCUT2D eigenvalue weighted by atomic mass is 9.75. The number of aliphatic hydroxyl groups is 1. The average molecular weight is 641 g/mol. The Labute approximate surface area is 271 Å². The quantitative estimate of drug-likeness (QED) is 0.285. The van der Waals surface area contributed by atoms with Gasteiger partial charge >= 0.3 is 5.97 Å². The van der Waals surface area contributed by atoms with Crippen LogP contribution in [0.1, 0.15) is 60.4 Å². The molecular weight excluding hydrogens is 603 g/mol. The molecule has 0 spiro atoms. The van der Waals surface area contributed by atoms with Gasteiger partial charge in [-0.15, -0.1) is 0 Å². The summed E-state index contributed by atoms with van der Waals surface area (Å²) in [6, 6.07) is 16.3. The van der Waals surface area contributed by atoms with E-state index in [9.17, 15) is 28.7 Å². The Morgan fingerprint density at radius 3 is 2.45 bits per heavy atom. The lowest BCUT2D eigenvalue weighted by Crippen LogP contribution is -2.58. The number of aryl methyl sites for hydroxylation is 1. The summed E-state index contributed by atoms with van der Waals surface area (Å²) in [6.07, 6.45) is 2.01. The third-order valence-corrected chi connectivity index (χ3v) is 9.67. The molecule has 2 amide bonds. The second kappa shape index (κ2) is 12.3. The van der Waals surface area contributed by atoms with Crippen molar-refractivity contribution < 1.29 is 28.6 Å². The lowest BCUT2D eigenvalue weighted by molar-refractivity contribution is -0.153. The van der Waals surface area contributed by atoms with E-state index in [1.54, 1.807) is 80.6 Å². The predicted molar refractivity (Wildman–Crippen MR) is 172 cm³/mol. The van der Waals surface area contributed by atoms with Gasteiger partial charge in [0.1, 0.15) is 11.5 Å². The van der Waals surface area contributed by atoms with Crippen molar-refractivity contribution in [3.05, 3.63) is 128 Å². The number of aromatic nitrogens is 2. The zero-order chi connectivity index (χ0) is 33.6. The Kier molecular flexibility index (Phi) is 8.35. The number of hydrogen-bond acceptors (Lipinski definition) is 6. The molecule has 3 heterocycles. The highest BCUT2D eigenvalue weighted by molar-refractivity contribution is 6.00. The number of halogens is 1. The topological polar surface area (TPSA) is 125 Å². The van der Waals surface area contributed by atoms with Gasteiger partial charge in [-0.2, -0.15) is 0 Å². The van der Waals surface area contributed by atoms with E-state index in [4.69, 9.17) is 4.74 Å². The van der Waals surface area contributed by atoms with Crippen LogP contribution in [0.25, 0.3) is 0 Å². The summed E-state index contributed by atoms with van der Waals surface area (Å²) in [5, 5.41) is 10.1. The summed E-state index contributed by atoms with van der Waals surface area (Å²) >= 11 is 0. The van der Waals surface area contributed by atoms with Crippen LogP contribution < -0.4 is 5.43 Å². The summed E-state index contributed by atoms with van der Waals surface area (Å²) in [5.41, 5.74) is 2.24. The minimum absolute atomic E-state index is 0.0203. The number of methoxy groups -OCH3 is 1. The molecule has 0 radical (unpaired) electrons. The van der Waals surface area contributed by atoms with Crippen LogP contribution in [0, 0.1) is 18.7 Å². The van der Waals surface area contributed by atoms with E-state index in [1.165, 1.54) is 24.1 Å². The van der Waals surface area contributed by atoms with Crippen LogP contribution >= 0.6 is 0 Å². The van der Waals surface area contributed by atoms with E-state index in [2.05, 4.69) is 4.98 Å². The van der Waals surface area contributed by atoms with Crippen molar-refractivity contribution in [1.29, 1.82) is 0 Å². The Morgan fingerprint density at radius 1 is 1.11 bits per heavy atom. The number of nitrogens with one attached hydrogen (secondary N) is 1. The van der Waals surface area contributed by atoms with Crippen molar-refractivity contribution in [1.82, 2.24) is 19.4 Å². The molecule has 6 rings (SSSR count). The number of benzene rings is 2. The van der Waals surface area contributed by atoms with E-state index in [0.717, 1.165) is 5.69 Å². The van der Waals surface area contributed by atoms with Crippen molar-refractivity contribution in [2.75, 3.05) is 27.7 Å². The van der Waals surface area contributed by atoms with Gasteiger partial charge in [-0.25, -0.2) is 9.18 Å². The standard InChI is InChI=1S/C36H37FN4O6/c1-21-17-38-28(20-42)27(32(21)43)19-40-29-14-24-18-41(33(44)23-8-6-5-7-9-23)36(35(46)47-4,16-22-10-12-25(37)13-11-22)31(24)26(29)15-30(40)34(45)39(2)3/h5-13,15,17,24,31,42H,14,16,18-20H2,1-4H3,(H,38,43)/t24?,31?,36-/m1/s1. The fourth-order valence-electron chi connectivity index (χ4n) is 7.49. The maximum absolute atomic E-state index is 14.3. The minimum atomic E-state index is -1.53. The third-order valence-electron chi connectivity index (χ3n) is 9.67. The molecule has 1 fully saturated rings. The summed E-state index contributed by atoms with van der Waals surface area (Å²) in [4.78, 5) is 61.5. The van der Waals surface area contributed by atoms with Gasteiger partial charge in [0.15, 0.2) is 11.0 Å². The number of rotatable bonds is 8. The Bertz CT molecular complexity index is 1920. The highest BCUT2D eigenvalue weighted by Gasteiger charge is 2.64. The molecule has 2 unspecified atom stereocenters. The number of carbonyl (C=O) groups is 3. The van der Waals surface area contributed by atoms with Gasteiger partial charge in [-0.05, 0) is 60.7 Å². The van der Waals surface area contributed by atoms with Gasteiger partial charge < -0.3 is 29.2 Å². The number of esters is 1. The van der Waals surface area contributed by atoms with Crippen molar-refractivity contribution in [3.8, 4) is 0 Å². The van der Waals surface area contributed by atoms with Gasteiger partial charge in [0.05, 0.1) is 20.3 Å². The summed E-state index contributed by atoms with van der Waals surface area (Å²) in [7, 11) is 4.56. The second-order valence-corrected chi connectivity index (χ2v) is 12.6. The number of aliphatic hydroxyl groups excluding tert-OH is 1. The van der Waals surface area contributed by atoms with E-state index in [0.29, 0.717) is 45.6 Å². The molecule has 1 saturated heterocycles. The summed E-state index contributed by atoms with van der Waals surface area (Å²) in [6.45, 7) is 1.54. The van der Waals surface area contributed by atoms with E-state index in [-0.39, 0.29) is 42.7 Å². The first-order valence-electron chi connectivity index (χ1n) is 15.5. The number of fused-ring (bicyclic) bond motifs is 3. The molecule has 4 aromatic rings. The van der Waals surface area contributed by atoms with Crippen LogP contribution in [0.3, 0.4) is 0 Å². The molecule has 2 aromatic heterocycles. The number of nitrogens with zero attached hydrogens (tertiary/aromatic N) is 3. The zero-order valence-electron chi connectivity index (χ0n) is 26.7. The normalized spacial score (nSPS) is 19.7. The average Bonchev–Trinajstić information content (AvgIpc) is 3.71. The zero-order valence-corrected chi connectivity index (χ0v) is 26.7. The number of ether oxygens (including phenoxy) is 1. The number of hydrogen-bond donors (Lipinski definition) is 2. The van der Waals surface area contributed by atoms with Crippen LogP contribution in [0.4, 0.5) is 4.39 Å². The van der Waals surface area contributed by atoms with Crippen LogP contribution in [0.5, 0.6) is 0 Å². The second-order valence-electron chi connectivity index (χ2n) is 12.6. The fourth-order valence-corrected chi connectivity index (χ4v) is 7.49.